The molecule has 13 heteroatoms. The highest BCUT2D eigenvalue weighted by atomic mass is 16.6. The number of tetrazole rings is 1. The van der Waals surface area contributed by atoms with Crippen LogP contribution in [-0.2, 0) is 29.8 Å². The van der Waals surface area contributed by atoms with E-state index in [1.807, 2.05) is 41.9 Å². The van der Waals surface area contributed by atoms with Crippen LogP contribution in [0.4, 0.5) is 16.2 Å². The van der Waals surface area contributed by atoms with Crippen molar-refractivity contribution in [2.45, 2.75) is 71.8 Å². The minimum Gasteiger partial charge on any atom is -0.489 e. The Balaban J connectivity index is 1.03. The molecule has 13 nitrogen and oxygen atoms in total. The number of nitrogens with zero attached hydrogens (tertiary/aromatic N) is 8. The third kappa shape index (κ3) is 9.25. The number of nitro groups is 1. The number of aryl methyl sites for hydroxylation is 2. The number of hydrogen-bond donors (Lipinski definition) is 0. The van der Waals surface area contributed by atoms with Gasteiger partial charge in [0.1, 0.15) is 35.0 Å². The first kappa shape index (κ1) is 46.7. The van der Waals surface area contributed by atoms with Gasteiger partial charge in [-0.15, -0.1) is 5.10 Å². The van der Waals surface area contributed by atoms with Gasteiger partial charge >= 0.3 is 6.09 Å². The Hall–Kier alpha value is -8.45. The minimum atomic E-state index is -0.901. The van der Waals surface area contributed by atoms with Crippen molar-refractivity contribution in [2.24, 2.45) is 0 Å². The van der Waals surface area contributed by atoms with E-state index in [1.165, 1.54) is 25.2 Å². The molecule has 0 fully saturated rings. The maximum absolute atomic E-state index is 12.9. The molecule has 2 aromatic heterocycles. The molecule has 0 bridgehead atoms. The summed E-state index contributed by atoms with van der Waals surface area (Å²) in [6.07, 6.45) is 1.01. The highest BCUT2D eigenvalue weighted by Crippen LogP contribution is 2.43. The average molecular weight is 931 g/mol. The second kappa shape index (κ2) is 19.6. The molecule has 0 aliphatic heterocycles. The molecule has 0 atom stereocenters. The Morgan fingerprint density at radius 1 is 0.743 bits per heavy atom. The van der Waals surface area contributed by atoms with Crippen molar-refractivity contribution >= 4 is 28.5 Å². The van der Waals surface area contributed by atoms with Gasteiger partial charge in [0.15, 0.2) is 5.82 Å². The lowest BCUT2D eigenvalue weighted by molar-refractivity contribution is -0.384. The molecular weight excluding hydrogens is 877 g/mol. The van der Waals surface area contributed by atoms with Gasteiger partial charge in [0.25, 0.3) is 5.69 Å². The molecule has 0 aliphatic carbocycles. The average Bonchev–Trinajstić information content (AvgIpc) is 3.99. The Morgan fingerprint density at radius 3 is 1.93 bits per heavy atom. The largest absolute Gasteiger partial charge is 0.489 e. The topological polar surface area (TPSA) is 143 Å². The first-order valence-corrected chi connectivity index (χ1v) is 23.4. The molecule has 0 saturated heterocycles. The zero-order chi connectivity index (χ0) is 49.0. The number of rotatable bonds is 15. The number of hydrogen-bond acceptors (Lipinski definition) is 9. The smallest absolute Gasteiger partial charge is 0.414 e. The molecule has 9 aromatic rings. The Morgan fingerprint density at radius 2 is 1.34 bits per heavy atom. The molecule has 0 N–H and O–H groups in total. The molecular formula is C57H54N8O5. The number of ether oxygens (including phenoxy) is 2. The van der Waals surface area contributed by atoms with Crippen LogP contribution in [0.15, 0.2) is 170 Å². The van der Waals surface area contributed by atoms with Crippen molar-refractivity contribution in [2.75, 3.05) is 11.9 Å². The van der Waals surface area contributed by atoms with Crippen LogP contribution in [0.5, 0.6) is 5.75 Å². The summed E-state index contributed by atoms with van der Waals surface area (Å²) in [6.45, 7) is 10.2. The Kier molecular flexibility index (Phi) is 13.1. The van der Waals surface area contributed by atoms with Crippen molar-refractivity contribution in [3.63, 3.8) is 0 Å². The van der Waals surface area contributed by atoms with Crippen LogP contribution in [0, 0.1) is 17.0 Å². The van der Waals surface area contributed by atoms with Crippen LogP contribution >= 0.6 is 0 Å². The number of nitro benzene ring substituents is 1. The third-order valence-corrected chi connectivity index (χ3v) is 12.4. The standard InChI is InChI=1S/C57H54N8O5/c1-7-19-52-58-53-39(2)34-41(38-69-46-32-33-49(65(67)68)50(36-46)62(6)55(66)70-56(3,4)5)35-51(53)63(52)37-40-28-30-42(31-29-40)47-26-17-18-27-48(47)54-59-60-61-64(54)57(43-20-11-8-12-21-43,44-22-13-9-14-23-44)45-24-15-10-16-25-45/h8-18,20-36H,7,19,37-38H2,1-6H3. The van der Waals surface area contributed by atoms with E-state index in [4.69, 9.17) is 24.8 Å². The number of imidazole rings is 1. The quantitative estimate of drug-likeness (QED) is 0.0557. The molecule has 352 valence electrons. The molecule has 0 spiro atoms. The normalized spacial score (nSPS) is 11.7. The highest BCUT2D eigenvalue weighted by Gasteiger charge is 2.42. The van der Waals surface area contributed by atoms with Gasteiger partial charge in [0, 0.05) is 37.7 Å². The van der Waals surface area contributed by atoms with E-state index in [0.29, 0.717) is 18.1 Å². The van der Waals surface area contributed by atoms with Crippen molar-refractivity contribution in [1.29, 1.82) is 0 Å². The predicted molar refractivity (Wildman–Crippen MR) is 273 cm³/mol. The van der Waals surface area contributed by atoms with Gasteiger partial charge in [-0.25, -0.2) is 14.5 Å². The van der Waals surface area contributed by atoms with Crippen LogP contribution in [0.25, 0.3) is 33.5 Å². The number of carbonyl (C=O) groups is 1. The zero-order valence-electron chi connectivity index (χ0n) is 40.1. The SMILES string of the molecule is CCCc1nc2c(C)cc(COc3ccc([N+](=O)[O-])c(N(C)C(=O)OC(C)(C)C)c3)cc2n1Cc1ccc(-c2ccccc2-c2nnnn2C(c2ccccc2)(c2ccccc2)c2ccccc2)cc1. The van der Waals surface area contributed by atoms with E-state index in [2.05, 4.69) is 138 Å². The second-order valence-corrected chi connectivity index (χ2v) is 18.3. The Labute approximate surface area is 407 Å². The zero-order valence-corrected chi connectivity index (χ0v) is 40.1. The van der Waals surface area contributed by atoms with E-state index in [-0.39, 0.29) is 18.0 Å². The first-order chi connectivity index (χ1) is 33.8. The summed E-state index contributed by atoms with van der Waals surface area (Å²) in [7, 11) is 1.44. The molecule has 0 radical (unpaired) electrons. The molecule has 2 heterocycles. The van der Waals surface area contributed by atoms with E-state index in [1.54, 1.807) is 20.8 Å². The van der Waals surface area contributed by atoms with E-state index >= 15 is 0 Å². The molecule has 7 aromatic carbocycles. The van der Waals surface area contributed by atoms with Crippen LogP contribution in [0.1, 0.15) is 73.3 Å². The van der Waals surface area contributed by atoms with Gasteiger partial charge in [-0.1, -0.05) is 153 Å². The van der Waals surface area contributed by atoms with Crippen LogP contribution in [-0.4, -0.2) is 53.4 Å². The summed E-state index contributed by atoms with van der Waals surface area (Å²) < 4.78 is 16.0. The summed E-state index contributed by atoms with van der Waals surface area (Å²) in [5.41, 5.74) is 9.03. The van der Waals surface area contributed by atoms with Crippen molar-refractivity contribution in [3.8, 4) is 28.3 Å². The lowest BCUT2D eigenvalue weighted by atomic mass is 9.77. The van der Waals surface area contributed by atoms with Crippen LogP contribution in [0.3, 0.4) is 0 Å². The number of amides is 1. The lowest BCUT2D eigenvalue weighted by Gasteiger charge is -2.36. The minimum absolute atomic E-state index is 0.0664. The molecule has 70 heavy (non-hydrogen) atoms. The fraction of sp³-hybridized carbons (Fsp3) is 0.211. The molecule has 1 amide bonds. The fourth-order valence-corrected chi connectivity index (χ4v) is 9.19. The predicted octanol–water partition coefficient (Wildman–Crippen LogP) is 12.4. The summed E-state index contributed by atoms with van der Waals surface area (Å²) in [6, 6.07) is 56.6. The summed E-state index contributed by atoms with van der Waals surface area (Å²) in [5.74, 6) is 1.99. The van der Waals surface area contributed by atoms with E-state index in [0.717, 1.165) is 84.7 Å². The number of anilines is 1. The molecule has 0 unspecified atom stereocenters. The van der Waals surface area contributed by atoms with Crippen LogP contribution < -0.4 is 9.64 Å². The summed E-state index contributed by atoms with van der Waals surface area (Å²) in [5, 5.41) is 25.9. The molecule has 0 aliphatic rings. The van der Waals surface area contributed by atoms with E-state index in [9.17, 15) is 14.9 Å². The van der Waals surface area contributed by atoms with Gasteiger partial charge in [-0.05, 0) is 101 Å². The second-order valence-electron chi connectivity index (χ2n) is 18.3. The maximum atomic E-state index is 12.9. The first-order valence-electron chi connectivity index (χ1n) is 23.4. The number of carbonyl (C=O) groups excluding carboxylic acids is 1. The van der Waals surface area contributed by atoms with Gasteiger partial charge in [-0.2, -0.15) is 0 Å². The maximum Gasteiger partial charge on any atom is 0.414 e. The lowest BCUT2D eigenvalue weighted by Crippen LogP contribution is -2.39. The monoisotopic (exact) mass is 930 g/mol. The van der Waals surface area contributed by atoms with Gasteiger partial charge < -0.3 is 14.0 Å². The number of fused-ring (bicyclic) bond motifs is 1. The van der Waals surface area contributed by atoms with E-state index < -0.39 is 22.2 Å². The van der Waals surface area contributed by atoms with Crippen molar-refractivity contribution < 1.29 is 19.2 Å². The van der Waals surface area contributed by atoms with Gasteiger partial charge in [0.05, 0.1) is 16.0 Å². The number of aromatic nitrogens is 6. The number of benzene rings is 7. The fourth-order valence-electron chi connectivity index (χ4n) is 9.19. The highest BCUT2D eigenvalue weighted by molar-refractivity contribution is 5.91. The Bertz CT molecular complexity index is 3200. The third-order valence-electron chi connectivity index (χ3n) is 12.4. The summed E-state index contributed by atoms with van der Waals surface area (Å²) >= 11 is 0. The van der Waals surface area contributed by atoms with Crippen LogP contribution in [0.2, 0.25) is 0 Å². The molecule has 9 rings (SSSR count). The van der Waals surface area contributed by atoms with Crippen molar-refractivity contribution in [3.05, 3.63) is 219 Å². The van der Waals surface area contributed by atoms with Gasteiger partial charge in [-0.3, -0.25) is 15.0 Å². The molecule has 0 saturated carbocycles. The van der Waals surface area contributed by atoms with Gasteiger partial charge in [0.2, 0.25) is 0 Å². The van der Waals surface area contributed by atoms with Crippen molar-refractivity contribution in [1.82, 2.24) is 29.8 Å². The summed E-state index contributed by atoms with van der Waals surface area (Å²) in [4.78, 5) is 30.6.